The molecule has 0 bridgehead atoms. The molecule has 0 aromatic carbocycles. The van der Waals surface area contributed by atoms with E-state index in [9.17, 15) is 34.5 Å². The van der Waals surface area contributed by atoms with Crippen molar-refractivity contribution in [3.8, 4) is 0 Å². The van der Waals surface area contributed by atoms with Crippen molar-refractivity contribution in [3.63, 3.8) is 0 Å². The number of aliphatic hydroxyl groups is 2. The number of aliphatic hydroxyl groups excluding tert-OH is 2. The number of hydrogen-bond acceptors (Lipinski definition) is 11. The third kappa shape index (κ3) is 41.2. The molecule has 12 nitrogen and oxygen atoms in total. The first-order valence-corrected chi connectivity index (χ1v) is 28.5. The van der Waals surface area contributed by atoms with Crippen LogP contribution in [0.2, 0.25) is 0 Å². The predicted molar refractivity (Wildman–Crippen MR) is 312 cm³/mol. The molecular formula is C65H96O12. The fourth-order valence-corrected chi connectivity index (χ4v) is 7.33. The van der Waals surface area contributed by atoms with E-state index in [0.29, 0.717) is 32.1 Å². The van der Waals surface area contributed by atoms with Crippen LogP contribution in [0, 0.1) is 0 Å². The van der Waals surface area contributed by atoms with Crippen LogP contribution < -0.4 is 0 Å². The quantitative estimate of drug-likeness (QED) is 0.0228. The van der Waals surface area contributed by atoms with E-state index in [4.69, 9.17) is 23.7 Å². The Bertz CT molecular complexity index is 1940. The number of esters is 3. The van der Waals surface area contributed by atoms with Gasteiger partial charge in [0.2, 0.25) is 0 Å². The summed E-state index contributed by atoms with van der Waals surface area (Å²) in [6.45, 7) is 5.51. The van der Waals surface area contributed by atoms with Crippen molar-refractivity contribution in [2.75, 3.05) is 13.2 Å². The van der Waals surface area contributed by atoms with E-state index in [-0.39, 0.29) is 25.9 Å². The molecule has 1 fully saturated rings. The molecule has 1 heterocycles. The number of unbranched alkanes of at least 4 members (excludes halogenated alkanes) is 5. The van der Waals surface area contributed by atoms with Gasteiger partial charge in [0.05, 0.1) is 6.61 Å². The van der Waals surface area contributed by atoms with Crippen molar-refractivity contribution in [2.45, 2.75) is 212 Å². The molecule has 0 radical (unpaired) electrons. The molecule has 1 aliphatic heterocycles. The molecule has 6 atom stereocenters. The lowest BCUT2D eigenvalue weighted by Crippen LogP contribution is -2.61. The lowest BCUT2D eigenvalue weighted by atomic mass is 9.98. The number of carbonyl (C=O) groups excluding carboxylic acids is 3. The van der Waals surface area contributed by atoms with Crippen LogP contribution in [0.15, 0.2) is 158 Å². The fourth-order valence-electron chi connectivity index (χ4n) is 7.33. The summed E-state index contributed by atoms with van der Waals surface area (Å²) in [7, 11) is 0. The molecule has 0 aliphatic carbocycles. The molecule has 0 aromatic heterocycles. The standard InChI is InChI=1S/C65H96O12/c1-4-7-10-13-16-19-22-25-27-29-31-34-36-39-42-45-48-51-57(66)73-54-56(75-58(67)52-49-46-43-40-37-33-24-21-18-15-12-9-6-3)55-74-65-63(61(70)60(69)62(77-65)64(71)72)76-59(68)53-50-47-44-41-38-35-32-30-28-26-23-20-17-14-11-8-5-2/h7-12,16-21,25-28,31-35,37,39,41-42,44,56,60-63,65,69-70H,4-6,13-15,22-24,29-30,36,38,40,43,45-55H2,1-3H3,(H,71,72)/b10-7-,11-8-,12-9-,19-16-,20-17-,21-18-,27-25-,28-26-,34-31-,35-32-,37-33-,42-39-,44-41-. The Kier molecular flexibility index (Phi) is 46.0. The van der Waals surface area contributed by atoms with Gasteiger partial charge in [0, 0.05) is 19.3 Å². The summed E-state index contributed by atoms with van der Waals surface area (Å²) >= 11 is 0. The Morgan fingerprint density at radius 3 is 1.19 bits per heavy atom. The van der Waals surface area contributed by atoms with Crippen LogP contribution in [0.25, 0.3) is 0 Å². The van der Waals surface area contributed by atoms with E-state index in [1.807, 2.05) is 24.3 Å². The van der Waals surface area contributed by atoms with Crippen LogP contribution >= 0.6 is 0 Å². The minimum absolute atomic E-state index is 0.0369. The normalized spacial score (nSPS) is 19.2. The zero-order valence-corrected chi connectivity index (χ0v) is 46.9. The number of aliphatic carboxylic acids is 1. The van der Waals surface area contributed by atoms with Crippen LogP contribution in [0.1, 0.15) is 175 Å². The minimum Gasteiger partial charge on any atom is -0.479 e. The van der Waals surface area contributed by atoms with Gasteiger partial charge in [0.25, 0.3) is 0 Å². The topological polar surface area (TPSA) is 175 Å². The molecule has 0 amide bonds. The van der Waals surface area contributed by atoms with Gasteiger partial charge in [-0.2, -0.15) is 0 Å². The largest absolute Gasteiger partial charge is 0.479 e. The Labute approximate surface area is 463 Å². The third-order valence-electron chi connectivity index (χ3n) is 11.6. The smallest absolute Gasteiger partial charge is 0.335 e. The van der Waals surface area contributed by atoms with Crippen molar-refractivity contribution in [1.29, 1.82) is 0 Å². The number of carbonyl (C=O) groups is 4. The Hall–Kier alpha value is -5.66. The van der Waals surface area contributed by atoms with Crippen molar-refractivity contribution < 1.29 is 58.2 Å². The summed E-state index contributed by atoms with van der Waals surface area (Å²) in [5.41, 5.74) is 0. The molecule has 0 spiro atoms. The van der Waals surface area contributed by atoms with Gasteiger partial charge in [-0.3, -0.25) is 14.4 Å². The van der Waals surface area contributed by atoms with Crippen molar-refractivity contribution >= 4 is 23.9 Å². The molecule has 428 valence electrons. The van der Waals surface area contributed by atoms with Crippen LogP contribution in [-0.2, 0) is 42.9 Å². The van der Waals surface area contributed by atoms with Gasteiger partial charge >= 0.3 is 23.9 Å². The number of carboxylic acid groups (broad SMARTS) is 1. The zero-order valence-electron chi connectivity index (χ0n) is 46.9. The highest BCUT2D eigenvalue weighted by molar-refractivity contribution is 5.74. The highest BCUT2D eigenvalue weighted by Gasteiger charge is 2.50. The monoisotopic (exact) mass is 1070 g/mol. The Morgan fingerprint density at radius 1 is 0.429 bits per heavy atom. The van der Waals surface area contributed by atoms with E-state index in [2.05, 4.69) is 154 Å². The second-order valence-corrected chi connectivity index (χ2v) is 18.4. The summed E-state index contributed by atoms with van der Waals surface area (Å²) in [5.74, 6) is -3.35. The maximum atomic E-state index is 13.1. The van der Waals surface area contributed by atoms with Crippen LogP contribution in [-0.4, -0.2) is 89.2 Å². The van der Waals surface area contributed by atoms with E-state index in [1.165, 1.54) is 0 Å². The molecule has 6 unspecified atom stereocenters. The summed E-state index contributed by atoms with van der Waals surface area (Å²) in [4.78, 5) is 51.0. The van der Waals surface area contributed by atoms with E-state index in [1.54, 1.807) is 0 Å². The van der Waals surface area contributed by atoms with Crippen LogP contribution in [0.5, 0.6) is 0 Å². The molecule has 1 aliphatic rings. The molecule has 12 heteroatoms. The number of allylic oxidation sites excluding steroid dienone is 26. The average Bonchev–Trinajstić information content (AvgIpc) is 3.42. The van der Waals surface area contributed by atoms with E-state index in [0.717, 1.165) is 103 Å². The van der Waals surface area contributed by atoms with Gasteiger partial charge < -0.3 is 39.0 Å². The predicted octanol–water partition coefficient (Wildman–Crippen LogP) is 14.6. The average molecular weight is 1070 g/mol. The lowest BCUT2D eigenvalue weighted by Gasteiger charge is -2.40. The molecule has 0 aromatic rings. The van der Waals surface area contributed by atoms with E-state index < -0.39 is 67.3 Å². The first-order chi connectivity index (χ1) is 37.6. The molecule has 0 saturated carbocycles. The van der Waals surface area contributed by atoms with Gasteiger partial charge in [0.1, 0.15) is 18.8 Å². The first kappa shape index (κ1) is 69.4. The minimum atomic E-state index is -1.94. The third-order valence-corrected chi connectivity index (χ3v) is 11.6. The first-order valence-electron chi connectivity index (χ1n) is 28.5. The second-order valence-electron chi connectivity index (χ2n) is 18.4. The van der Waals surface area contributed by atoms with Gasteiger partial charge in [-0.1, -0.05) is 185 Å². The summed E-state index contributed by atoms with van der Waals surface area (Å²) in [6, 6.07) is 0. The SMILES string of the molecule is CC/C=C\C/C=C\C/C=C\C/C=C\C/C=C\CCCC(=O)OCC(COC1OC(C(=O)O)C(O)C(O)C1OC(=O)CCC/C=C\C/C=C\C/C=C\C/C=C\C/C=C\CC)OC(=O)CCCCC/C=C\C/C=C\C/C=C\CC. The molecule has 3 N–H and O–H groups in total. The van der Waals surface area contributed by atoms with Crippen molar-refractivity contribution in [3.05, 3.63) is 158 Å². The van der Waals surface area contributed by atoms with E-state index >= 15 is 0 Å². The number of carboxylic acids is 1. The molecule has 77 heavy (non-hydrogen) atoms. The van der Waals surface area contributed by atoms with Gasteiger partial charge in [0.15, 0.2) is 24.6 Å². The number of ether oxygens (including phenoxy) is 5. The van der Waals surface area contributed by atoms with Crippen LogP contribution in [0.4, 0.5) is 0 Å². The molecule has 1 saturated heterocycles. The lowest BCUT2D eigenvalue weighted by molar-refractivity contribution is -0.301. The fraction of sp³-hybridized carbons (Fsp3) is 0.538. The molecule has 1 rings (SSSR count). The van der Waals surface area contributed by atoms with Crippen molar-refractivity contribution in [2.24, 2.45) is 0 Å². The molecular weight excluding hydrogens is 973 g/mol. The highest BCUT2D eigenvalue weighted by atomic mass is 16.7. The number of rotatable bonds is 45. The summed E-state index contributed by atoms with van der Waals surface area (Å²) in [6.07, 6.45) is 62.3. The number of hydrogen-bond donors (Lipinski definition) is 3. The second kappa shape index (κ2) is 51.1. The Balaban J connectivity index is 2.80. The van der Waals surface area contributed by atoms with Crippen LogP contribution in [0.3, 0.4) is 0 Å². The van der Waals surface area contributed by atoms with Gasteiger partial charge in [-0.15, -0.1) is 0 Å². The highest BCUT2D eigenvalue weighted by Crippen LogP contribution is 2.26. The zero-order chi connectivity index (χ0) is 56.1. The van der Waals surface area contributed by atoms with Gasteiger partial charge in [-0.05, 0) is 128 Å². The Morgan fingerprint density at radius 2 is 0.792 bits per heavy atom. The summed E-state index contributed by atoms with van der Waals surface area (Å²) < 4.78 is 28.2. The summed E-state index contributed by atoms with van der Waals surface area (Å²) in [5, 5.41) is 31.4. The maximum Gasteiger partial charge on any atom is 0.335 e. The maximum absolute atomic E-state index is 13.1. The van der Waals surface area contributed by atoms with Gasteiger partial charge in [-0.25, -0.2) is 4.79 Å². The van der Waals surface area contributed by atoms with Crippen molar-refractivity contribution in [1.82, 2.24) is 0 Å².